The largest absolute Gasteiger partial charge is 0.337 e. The summed E-state index contributed by atoms with van der Waals surface area (Å²) in [4.78, 5) is 14.1. The maximum absolute atomic E-state index is 12.1. The van der Waals surface area contributed by atoms with Crippen LogP contribution in [0.3, 0.4) is 0 Å². The van der Waals surface area contributed by atoms with E-state index in [-0.39, 0.29) is 5.91 Å². The van der Waals surface area contributed by atoms with Crippen LogP contribution in [-0.2, 0) is 11.2 Å². The Kier molecular flexibility index (Phi) is 3.57. The molecule has 0 saturated carbocycles. The standard InChI is InChI=1S/C13H18N2O/c1-2-15(12-9-14-10-12)13(16)8-11-6-4-3-5-7-11/h3-7,12,14H,2,8-10H2,1H3. The molecule has 0 spiro atoms. The lowest BCUT2D eigenvalue weighted by molar-refractivity contribution is -0.133. The van der Waals surface area contributed by atoms with Crippen LogP contribution in [-0.4, -0.2) is 36.5 Å². The van der Waals surface area contributed by atoms with E-state index in [1.165, 1.54) is 0 Å². The molecule has 86 valence electrons. The number of carbonyl (C=O) groups excluding carboxylic acids is 1. The normalized spacial score (nSPS) is 15.6. The van der Waals surface area contributed by atoms with Crippen molar-refractivity contribution in [3.8, 4) is 0 Å². The molecule has 0 aliphatic carbocycles. The molecule has 1 fully saturated rings. The summed E-state index contributed by atoms with van der Waals surface area (Å²) in [6, 6.07) is 10.3. The quantitative estimate of drug-likeness (QED) is 0.819. The monoisotopic (exact) mass is 218 g/mol. The first-order valence-corrected chi connectivity index (χ1v) is 5.85. The van der Waals surface area contributed by atoms with Crippen LogP contribution in [0.1, 0.15) is 12.5 Å². The second-order valence-electron chi connectivity index (χ2n) is 4.15. The first-order chi connectivity index (χ1) is 7.81. The molecule has 3 heteroatoms. The smallest absolute Gasteiger partial charge is 0.227 e. The van der Waals surface area contributed by atoms with Crippen LogP contribution in [0.15, 0.2) is 30.3 Å². The molecule has 1 heterocycles. The van der Waals surface area contributed by atoms with E-state index in [9.17, 15) is 4.79 Å². The van der Waals surface area contributed by atoms with Gasteiger partial charge in [-0.05, 0) is 12.5 Å². The third-order valence-electron chi connectivity index (χ3n) is 3.06. The van der Waals surface area contributed by atoms with Gasteiger partial charge in [0.05, 0.1) is 12.5 Å². The Labute approximate surface area is 96.5 Å². The Bertz CT molecular complexity index is 346. The van der Waals surface area contributed by atoms with E-state index in [0.29, 0.717) is 12.5 Å². The van der Waals surface area contributed by atoms with E-state index in [1.807, 2.05) is 42.2 Å². The molecule has 0 aromatic heterocycles. The Morgan fingerprint density at radius 3 is 2.56 bits per heavy atom. The molecule has 3 nitrogen and oxygen atoms in total. The van der Waals surface area contributed by atoms with Crippen LogP contribution in [0.2, 0.25) is 0 Å². The summed E-state index contributed by atoms with van der Waals surface area (Å²) in [5.41, 5.74) is 1.10. The van der Waals surface area contributed by atoms with Gasteiger partial charge < -0.3 is 10.2 Å². The molecule has 0 radical (unpaired) electrons. The maximum Gasteiger partial charge on any atom is 0.227 e. The van der Waals surface area contributed by atoms with Gasteiger partial charge in [0, 0.05) is 19.6 Å². The minimum atomic E-state index is 0.236. The molecular formula is C13H18N2O. The second kappa shape index (κ2) is 5.12. The van der Waals surface area contributed by atoms with E-state index < -0.39 is 0 Å². The highest BCUT2D eigenvalue weighted by molar-refractivity contribution is 5.79. The number of nitrogens with zero attached hydrogens (tertiary/aromatic N) is 1. The number of amides is 1. The van der Waals surface area contributed by atoms with Gasteiger partial charge in [-0.3, -0.25) is 4.79 Å². The molecule has 0 atom stereocenters. The summed E-state index contributed by atoms with van der Waals surface area (Å²) in [6.45, 7) is 4.72. The highest BCUT2D eigenvalue weighted by Crippen LogP contribution is 2.09. The van der Waals surface area contributed by atoms with Gasteiger partial charge in [0.2, 0.25) is 5.91 Å². The van der Waals surface area contributed by atoms with E-state index in [1.54, 1.807) is 0 Å². The Hall–Kier alpha value is -1.35. The number of likely N-dealkylation sites (N-methyl/N-ethyl adjacent to an activating group) is 1. The number of hydrogen-bond acceptors (Lipinski definition) is 2. The predicted octanol–water partition coefficient (Wildman–Crippen LogP) is 1.05. The van der Waals surface area contributed by atoms with E-state index in [2.05, 4.69) is 5.32 Å². The molecule has 16 heavy (non-hydrogen) atoms. The van der Waals surface area contributed by atoms with Crippen LogP contribution >= 0.6 is 0 Å². The van der Waals surface area contributed by atoms with Crippen LogP contribution < -0.4 is 5.32 Å². The number of nitrogens with one attached hydrogen (secondary N) is 1. The van der Waals surface area contributed by atoms with E-state index in [0.717, 1.165) is 25.2 Å². The topological polar surface area (TPSA) is 32.3 Å². The van der Waals surface area contributed by atoms with Crippen molar-refractivity contribution in [3.63, 3.8) is 0 Å². The molecular weight excluding hydrogens is 200 g/mol. The van der Waals surface area contributed by atoms with Gasteiger partial charge in [0.1, 0.15) is 0 Å². The fraction of sp³-hybridized carbons (Fsp3) is 0.462. The molecule has 0 bridgehead atoms. The Morgan fingerprint density at radius 1 is 1.38 bits per heavy atom. The molecule has 1 aromatic carbocycles. The molecule has 1 aromatic rings. The zero-order valence-corrected chi connectivity index (χ0v) is 9.65. The fourth-order valence-electron chi connectivity index (χ4n) is 2.00. The first-order valence-electron chi connectivity index (χ1n) is 5.85. The zero-order chi connectivity index (χ0) is 11.4. The second-order valence-corrected chi connectivity index (χ2v) is 4.15. The lowest BCUT2D eigenvalue weighted by Crippen LogP contribution is -2.59. The van der Waals surface area contributed by atoms with Gasteiger partial charge in [-0.1, -0.05) is 30.3 Å². The average Bonchev–Trinajstić information content (AvgIpc) is 2.24. The number of hydrogen-bond donors (Lipinski definition) is 1. The maximum atomic E-state index is 12.1. The van der Waals surface area contributed by atoms with Crippen molar-refractivity contribution in [1.82, 2.24) is 10.2 Å². The molecule has 1 amide bonds. The summed E-state index contributed by atoms with van der Waals surface area (Å²) < 4.78 is 0. The minimum absolute atomic E-state index is 0.236. The number of carbonyl (C=O) groups is 1. The third kappa shape index (κ3) is 2.42. The van der Waals surface area contributed by atoms with Crippen molar-refractivity contribution in [2.75, 3.05) is 19.6 Å². The van der Waals surface area contributed by atoms with E-state index >= 15 is 0 Å². The molecule has 1 saturated heterocycles. The summed E-state index contributed by atoms with van der Waals surface area (Å²) >= 11 is 0. The fourth-order valence-corrected chi connectivity index (χ4v) is 2.00. The van der Waals surface area contributed by atoms with E-state index in [4.69, 9.17) is 0 Å². The van der Waals surface area contributed by atoms with Gasteiger partial charge in [0.25, 0.3) is 0 Å². The van der Waals surface area contributed by atoms with Gasteiger partial charge in [0.15, 0.2) is 0 Å². The Morgan fingerprint density at radius 2 is 2.06 bits per heavy atom. The van der Waals surface area contributed by atoms with Crippen LogP contribution in [0, 0.1) is 0 Å². The predicted molar refractivity (Wildman–Crippen MR) is 64.2 cm³/mol. The zero-order valence-electron chi connectivity index (χ0n) is 9.65. The lowest BCUT2D eigenvalue weighted by Gasteiger charge is -2.37. The SMILES string of the molecule is CCN(C(=O)Cc1ccccc1)C1CNC1. The summed E-state index contributed by atoms with van der Waals surface area (Å²) in [6.07, 6.45) is 0.519. The van der Waals surface area contributed by atoms with Crippen molar-refractivity contribution in [3.05, 3.63) is 35.9 Å². The van der Waals surface area contributed by atoms with Crippen LogP contribution in [0.5, 0.6) is 0 Å². The van der Waals surface area contributed by atoms with Crippen molar-refractivity contribution in [2.24, 2.45) is 0 Å². The van der Waals surface area contributed by atoms with Gasteiger partial charge in [-0.25, -0.2) is 0 Å². The van der Waals surface area contributed by atoms with Gasteiger partial charge in [-0.2, -0.15) is 0 Å². The highest BCUT2D eigenvalue weighted by Gasteiger charge is 2.26. The molecule has 1 aliphatic rings. The lowest BCUT2D eigenvalue weighted by atomic mass is 10.1. The number of rotatable bonds is 4. The molecule has 0 unspecified atom stereocenters. The number of benzene rings is 1. The average molecular weight is 218 g/mol. The minimum Gasteiger partial charge on any atom is -0.337 e. The molecule has 1 aliphatic heterocycles. The Balaban J connectivity index is 1.95. The molecule has 1 N–H and O–H groups in total. The van der Waals surface area contributed by atoms with Gasteiger partial charge >= 0.3 is 0 Å². The van der Waals surface area contributed by atoms with Crippen molar-refractivity contribution in [2.45, 2.75) is 19.4 Å². The van der Waals surface area contributed by atoms with Crippen LogP contribution in [0.25, 0.3) is 0 Å². The molecule has 2 rings (SSSR count). The van der Waals surface area contributed by atoms with Gasteiger partial charge in [-0.15, -0.1) is 0 Å². The van der Waals surface area contributed by atoms with Crippen molar-refractivity contribution < 1.29 is 4.79 Å². The first kappa shape index (κ1) is 11.1. The summed E-state index contributed by atoms with van der Waals surface area (Å²) in [7, 11) is 0. The highest BCUT2D eigenvalue weighted by atomic mass is 16.2. The van der Waals surface area contributed by atoms with Crippen LogP contribution in [0.4, 0.5) is 0 Å². The van der Waals surface area contributed by atoms with Crippen molar-refractivity contribution in [1.29, 1.82) is 0 Å². The summed E-state index contributed by atoms with van der Waals surface area (Å²) in [5, 5.41) is 3.20. The van der Waals surface area contributed by atoms with Crippen molar-refractivity contribution >= 4 is 5.91 Å². The third-order valence-corrected chi connectivity index (χ3v) is 3.06. The summed E-state index contributed by atoms with van der Waals surface area (Å²) in [5.74, 6) is 0.236.